The van der Waals surface area contributed by atoms with Gasteiger partial charge in [0.2, 0.25) is 0 Å². The van der Waals surface area contributed by atoms with Crippen LogP contribution in [0.15, 0.2) is 78.4 Å². The topological polar surface area (TPSA) is 81.0 Å². The Morgan fingerprint density at radius 1 is 0.848 bits per heavy atom. The van der Waals surface area contributed by atoms with Crippen molar-refractivity contribution >= 4 is 17.4 Å². The molecule has 9 rings (SSSR count). The summed E-state index contributed by atoms with van der Waals surface area (Å²) in [6.45, 7) is 6.76. The quantitative estimate of drug-likeness (QED) is 0.240. The Kier molecular flexibility index (Phi) is 6.99. The van der Waals surface area contributed by atoms with Gasteiger partial charge in [-0.25, -0.2) is 0 Å². The summed E-state index contributed by atoms with van der Waals surface area (Å²) in [5.74, 6) is 0.528. The van der Waals surface area contributed by atoms with Crippen molar-refractivity contribution in [2.45, 2.75) is 88.9 Å². The molecule has 1 heterocycles. The summed E-state index contributed by atoms with van der Waals surface area (Å²) >= 11 is 6.11. The van der Waals surface area contributed by atoms with E-state index in [1.54, 1.807) is 0 Å². The van der Waals surface area contributed by atoms with Crippen molar-refractivity contribution in [2.75, 3.05) is 19.6 Å². The molecular weight excluding hydrogens is 594 g/mol. The van der Waals surface area contributed by atoms with Crippen molar-refractivity contribution in [1.29, 1.82) is 0 Å². The fraction of sp³-hybridized carbons (Fsp3) is 0.575. The molecule has 0 radical (unpaired) electrons. The zero-order chi connectivity index (χ0) is 32.2. The second-order valence-electron chi connectivity index (χ2n) is 16.3. The molecule has 244 valence electrons. The van der Waals surface area contributed by atoms with Crippen molar-refractivity contribution in [1.82, 2.24) is 4.90 Å². The molecule has 2 bridgehead atoms. The molecule has 46 heavy (non-hydrogen) atoms. The molecular formula is C40H48ClNO4. The number of hydrogen-bond acceptors (Lipinski definition) is 5. The molecule has 2 aromatic rings. The monoisotopic (exact) mass is 641 g/mol. The van der Waals surface area contributed by atoms with Gasteiger partial charge in [-0.05, 0) is 92.7 Å². The minimum atomic E-state index is -0.891. The zero-order valence-electron chi connectivity index (χ0n) is 27.2. The number of carbonyl (C=O) groups excluding carboxylic acids is 1. The number of nitrogens with zero attached hydrogens (tertiary/aromatic N) is 1. The Morgan fingerprint density at radius 3 is 2.22 bits per heavy atom. The summed E-state index contributed by atoms with van der Waals surface area (Å²) in [7, 11) is 0. The molecule has 3 saturated carbocycles. The first-order chi connectivity index (χ1) is 21.9. The number of halogens is 1. The maximum Gasteiger partial charge on any atom is 0.189 e. The van der Waals surface area contributed by atoms with E-state index < -0.39 is 16.6 Å². The summed E-state index contributed by atoms with van der Waals surface area (Å²) in [5.41, 5.74) is -0.415. The largest absolute Gasteiger partial charge is 0.393 e. The molecule has 6 aliphatic carbocycles. The molecule has 0 amide bonds. The maximum atomic E-state index is 14.6. The van der Waals surface area contributed by atoms with Crippen LogP contribution in [0, 0.1) is 33.5 Å². The van der Waals surface area contributed by atoms with E-state index in [0.29, 0.717) is 37.3 Å². The highest BCUT2D eigenvalue weighted by Crippen LogP contribution is 2.78. The Morgan fingerprint density at radius 2 is 1.50 bits per heavy atom. The fourth-order valence-electron chi connectivity index (χ4n) is 11.8. The average molecular weight is 642 g/mol. The third-order valence-electron chi connectivity index (χ3n) is 14.5. The van der Waals surface area contributed by atoms with Crippen molar-refractivity contribution in [2.24, 2.45) is 33.5 Å². The lowest BCUT2D eigenvalue weighted by Crippen LogP contribution is -2.67. The molecule has 0 aromatic heterocycles. The summed E-state index contributed by atoms with van der Waals surface area (Å²) in [4.78, 5) is 17.0. The van der Waals surface area contributed by atoms with Gasteiger partial charge >= 0.3 is 0 Å². The van der Waals surface area contributed by atoms with Crippen LogP contribution in [0.4, 0.5) is 0 Å². The number of Topliss-reactive ketones (excluding diaryl/α,β-unsaturated/α-hetero) is 1. The van der Waals surface area contributed by atoms with Crippen LogP contribution in [0.3, 0.4) is 0 Å². The second-order valence-corrected chi connectivity index (χ2v) is 16.8. The highest BCUT2D eigenvalue weighted by molar-refractivity contribution is 6.30. The Balaban J connectivity index is 1.13. The van der Waals surface area contributed by atoms with Gasteiger partial charge in [0.25, 0.3) is 0 Å². The highest BCUT2D eigenvalue weighted by Gasteiger charge is 2.74. The summed E-state index contributed by atoms with van der Waals surface area (Å²) in [6, 6.07) is 17.2. The highest BCUT2D eigenvalue weighted by atomic mass is 35.5. The Bertz CT molecular complexity index is 1600. The number of allylic oxidation sites excluding steroid dienone is 4. The molecule has 4 fully saturated rings. The third kappa shape index (κ3) is 4.11. The smallest absolute Gasteiger partial charge is 0.189 e. The summed E-state index contributed by atoms with van der Waals surface area (Å²) in [6.07, 6.45) is 13.8. The number of aliphatic hydroxyl groups excluding tert-OH is 1. The molecule has 1 saturated heterocycles. The molecule has 6 heteroatoms. The standard InChI is InChI=1S/C40H48ClNO4/c1-35-15-12-30(43)24-37(35)18-19-40(31(25-37)34(44)27-6-4-3-5-7-27)32(35)13-16-36(2)33(40)14-17-39(36,46)26-42-22-20-38(45,21-23-42)28-8-10-29(41)11-9-28/h3-11,18-19,25,30,32-33,43,45-46H,12-17,20-24,26H2,1-2H3. The number of likely N-dealkylation sites (tertiary alicyclic amines) is 1. The van der Waals surface area contributed by atoms with Crippen LogP contribution in [0.2, 0.25) is 5.02 Å². The van der Waals surface area contributed by atoms with Gasteiger partial charge in [0.05, 0.1) is 17.3 Å². The van der Waals surface area contributed by atoms with Crippen LogP contribution < -0.4 is 0 Å². The molecule has 1 aliphatic heterocycles. The number of hydrogen-bond donors (Lipinski definition) is 3. The Hall–Kier alpha value is -2.28. The average Bonchev–Trinajstić information content (AvgIpc) is 3.32. The van der Waals surface area contributed by atoms with E-state index in [1.165, 1.54) is 0 Å². The normalized spacial score (nSPS) is 42.6. The van der Waals surface area contributed by atoms with Gasteiger partial charge in [0.1, 0.15) is 0 Å². The summed E-state index contributed by atoms with van der Waals surface area (Å²) < 4.78 is 0. The van der Waals surface area contributed by atoms with Crippen molar-refractivity contribution < 1.29 is 20.1 Å². The van der Waals surface area contributed by atoms with Crippen LogP contribution in [-0.4, -0.2) is 57.3 Å². The lowest BCUT2D eigenvalue weighted by molar-refractivity contribution is -0.178. The number of ketones is 1. The lowest BCUT2D eigenvalue weighted by atomic mass is 9.32. The predicted octanol–water partition coefficient (Wildman–Crippen LogP) is 7.10. The molecule has 8 unspecified atom stereocenters. The van der Waals surface area contributed by atoms with Crippen LogP contribution >= 0.6 is 11.6 Å². The van der Waals surface area contributed by atoms with Crippen molar-refractivity contribution in [3.63, 3.8) is 0 Å². The second kappa shape index (κ2) is 10.4. The van der Waals surface area contributed by atoms with Crippen LogP contribution in [0.5, 0.6) is 0 Å². The number of fused-ring (bicyclic) bond motifs is 1. The number of rotatable bonds is 5. The number of aliphatic hydroxyl groups is 3. The number of carbonyl (C=O) groups is 1. The lowest BCUT2D eigenvalue weighted by Gasteiger charge is -2.71. The number of β-amino-alcohol motifs (C(OH)–C–C–N with tert-alkyl or cyclic N) is 1. The first-order valence-electron chi connectivity index (χ1n) is 17.5. The molecule has 2 aromatic carbocycles. The van der Waals surface area contributed by atoms with Gasteiger partial charge in [0.15, 0.2) is 5.78 Å². The predicted molar refractivity (Wildman–Crippen MR) is 180 cm³/mol. The van der Waals surface area contributed by atoms with E-state index in [9.17, 15) is 20.1 Å². The van der Waals surface area contributed by atoms with Gasteiger partial charge in [-0.15, -0.1) is 0 Å². The van der Waals surface area contributed by atoms with Gasteiger partial charge < -0.3 is 20.2 Å². The van der Waals surface area contributed by atoms with E-state index in [2.05, 4.69) is 37.0 Å². The number of benzene rings is 2. The van der Waals surface area contributed by atoms with Gasteiger partial charge in [-0.1, -0.05) is 86.1 Å². The van der Waals surface area contributed by atoms with Gasteiger partial charge in [0, 0.05) is 52.0 Å². The zero-order valence-corrected chi connectivity index (χ0v) is 28.0. The van der Waals surface area contributed by atoms with Crippen LogP contribution in [-0.2, 0) is 5.60 Å². The van der Waals surface area contributed by atoms with Gasteiger partial charge in [-0.3, -0.25) is 4.79 Å². The Labute approximate surface area is 278 Å². The van der Waals surface area contributed by atoms with Gasteiger partial charge in [-0.2, -0.15) is 0 Å². The molecule has 8 atom stereocenters. The minimum absolute atomic E-state index is 0.0392. The third-order valence-corrected chi connectivity index (χ3v) is 14.8. The first kappa shape index (κ1) is 31.0. The SMILES string of the molecule is CC12CCC(O)CC13C=CC1(C(C(=O)c4ccccc4)=C3)C2CCC2(C)C1CCC2(O)CN1CCC(O)(c2ccc(Cl)cc2)CC1. The van der Waals surface area contributed by atoms with E-state index in [0.717, 1.165) is 61.9 Å². The van der Waals surface area contributed by atoms with E-state index >= 15 is 0 Å². The van der Waals surface area contributed by atoms with E-state index in [1.807, 2.05) is 54.6 Å². The first-order valence-corrected chi connectivity index (χ1v) is 17.9. The molecule has 2 spiro atoms. The van der Waals surface area contributed by atoms with Crippen molar-refractivity contribution in [3.05, 3.63) is 94.5 Å². The number of piperidine rings is 1. The van der Waals surface area contributed by atoms with E-state index in [-0.39, 0.29) is 40.0 Å². The molecule has 5 nitrogen and oxygen atoms in total. The molecule has 3 N–H and O–H groups in total. The summed E-state index contributed by atoms with van der Waals surface area (Å²) in [5, 5.41) is 35.9. The maximum absolute atomic E-state index is 14.6. The van der Waals surface area contributed by atoms with Crippen LogP contribution in [0.25, 0.3) is 0 Å². The molecule has 7 aliphatic rings. The van der Waals surface area contributed by atoms with Crippen LogP contribution in [0.1, 0.15) is 87.6 Å². The van der Waals surface area contributed by atoms with E-state index in [4.69, 9.17) is 11.6 Å². The minimum Gasteiger partial charge on any atom is -0.393 e. The van der Waals surface area contributed by atoms with Crippen molar-refractivity contribution in [3.8, 4) is 0 Å². The fourth-order valence-corrected chi connectivity index (χ4v) is 12.0.